The molecule has 11 rings (SSSR count). The van der Waals surface area contributed by atoms with Gasteiger partial charge in [-0.15, -0.1) is 0 Å². The summed E-state index contributed by atoms with van der Waals surface area (Å²) in [4.78, 5) is 9.38. The molecule has 3 heterocycles. The van der Waals surface area contributed by atoms with E-state index < -0.39 is 23.3 Å². The van der Waals surface area contributed by atoms with Crippen LogP contribution in [0.5, 0.6) is 11.5 Å². The predicted octanol–water partition coefficient (Wildman–Crippen LogP) is 19.8. The van der Waals surface area contributed by atoms with Gasteiger partial charge in [-0.25, -0.2) is 22.5 Å². The van der Waals surface area contributed by atoms with Gasteiger partial charge in [0.1, 0.15) is 47.3 Å². The van der Waals surface area contributed by atoms with Gasteiger partial charge in [0.25, 0.3) is 0 Å². The van der Waals surface area contributed by atoms with Crippen LogP contribution in [0.3, 0.4) is 0 Å². The van der Waals surface area contributed by atoms with Gasteiger partial charge < -0.3 is 14.5 Å². The van der Waals surface area contributed by atoms with E-state index in [1.807, 2.05) is 37.3 Å². The molecule has 0 unspecified atom stereocenters. The zero-order valence-electron chi connectivity index (χ0n) is 45.2. The topological polar surface area (TPSA) is 33.5 Å². The second-order valence-corrected chi connectivity index (χ2v) is 22.5. The molecule has 388 valence electrons. The molecule has 0 spiro atoms. The van der Waals surface area contributed by atoms with Gasteiger partial charge in [-0.2, -0.15) is 0 Å². The fourth-order valence-corrected chi connectivity index (χ4v) is 11.2. The quantitative estimate of drug-likeness (QED) is 0.121. The molecule has 8 aromatic carbocycles. The number of hydrogen-bond donors (Lipinski definition) is 0. The molecule has 0 bridgehead atoms. The van der Waals surface area contributed by atoms with Crippen molar-refractivity contribution in [3.05, 3.63) is 215 Å². The Bertz CT molecular complexity index is 3800. The summed E-state index contributed by atoms with van der Waals surface area (Å²) in [6.45, 7) is 22.4. The van der Waals surface area contributed by atoms with Crippen molar-refractivity contribution in [3.63, 3.8) is 0 Å². The van der Waals surface area contributed by atoms with Crippen LogP contribution in [0, 0.1) is 30.2 Å². The maximum Gasteiger partial charge on any atom is 0.138 e. The van der Waals surface area contributed by atoms with Crippen molar-refractivity contribution < 1.29 is 22.3 Å². The van der Waals surface area contributed by atoms with E-state index in [2.05, 4.69) is 156 Å². The lowest BCUT2D eigenvalue weighted by Gasteiger charge is -2.28. The fourth-order valence-electron chi connectivity index (χ4n) is 11.2. The molecule has 10 aromatic rings. The third-order valence-electron chi connectivity index (χ3n) is 14.9. The monoisotopic (exact) mass is 1030 g/mol. The molecule has 0 radical (unpaired) electrons. The van der Waals surface area contributed by atoms with Crippen LogP contribution >= 0.6 is 0 Å². The lowest BCUT2D eigenvalue weighted by molar-refractivity contribution is 0.483. The molecule has 0 aliphatic carbocycles. The van der Waals surface area contributed by atoms with E-state index in [9.17, 15) is 0 Å². The van der Waals surface area contributed by atoms with E-state index in [1.54, 1.807) is 18.2 Å². The minimum absolute atomic E-state index is 0.0990. The van der Waals surface area contributed by atoms with Crippen molar-refractivity contribution in [2.75, 3.05) is 16.5 Å². The number of ether oxygens (including phenoxy) is 1. The fraction of sp³-hybridized carbons (Fsp3) is 0.221. The van der Waals surface area contributed by atoms with Gasteiger partial charge in [-0.3, -0.25) is 4.57 Å². The van der Waals surface area contributed by atoms with E-state index in [-0.39, 0.29) is 35.0 Å². The van der Waals surface area contributed by atoms with Gasteiger partial charge in [-0.05, 0) is 153 Å². The van der Waals surface area contributed by atoms with Crippen LogP contribution < -0.4 is 14.5 Å². The predicted molar refractivity (Wildman–Crippen MR) is 309 cm³/mol. The van der Waals surface area contributed by atoms with Crippen LogP contribution in [0.2, 0.25) is 0 Å². The second-order valence-electron chi connectivity index (χ2n) is 22.5. The number of hydrogen-bond acceptors (Lipinski definition) is 4. The van der Waals surface area contributed by atoms with E-state index in [0.29, 0.717) is 34.2 Å². The van der Waals surface area contributed by atoms with Crippen molar-refractivity contribution in [2.45, 2.75) is 92.4 Å². The maximum absolute atomic E-state index is 15.2. The zero-order valence-corrected chi connectivity index (χ0v) is 45.2. The van der Waals surface area contributed by atoms with Crippen LogP contribution in [-0.2, 0) is 5.41 Å². The molecule has 0 amide bonds. The molecule has 1 aliphatic heterocycles. The summed E-state index contributed by atoms with van der Waals surface area (Å²) < 4.78 is 70.1. The van der Waals surface area contributed by atoms with Gasteiger partial charge >= 0.3 is 0 Å². The maximum atomic E-state index is 15.2. The molecule has 5 nitrogen and oxygen atoms in total. The molecular formula is C68H62F4N4O. The highest BCUT2D eigenvalue weighted by Crippen LogP contribution is 2.52. The van der Waals surface area contributed by atoms with Gasteiger partial charge in [-0.1, -0.05) is 123 Å². The number of fused-ring (bicyclic) bond motifs is 4. The number of rotatable bonds is 11. The van der Waals surface area contributed by atoms with Crippen molar-refractivity contribution in [1.29, 1.82) is 0 Å². The molecule has 0 fully saturated rings. The Morgan fingerprint density at radius 1 is 0.506 bits per heavy atom. The van der Waals surface area contributed by atoms with Crippen molar-refractivity contribution in [1.82, 2.24) is 9.55 Å². The van der Waals surface area contributed by atoms with E-state index in [1.165, 1.54) is 46.5 Å². The Balaban J connectivity index is 1.12. The van der Waals surface area contributed by atoms with Crippen molar-refractivity contribution >= 4 is 44.6 Å². The third-order valence-corrected chi connectivity index (χ3v) is 14.9. The minimum Gasteiger partial charge on any atom is -0.457 e. The lowest BCUT2D eigenvalue weighted by Crippen LogP contribution is -2.25. The summed E-state index contributed by atoms with van der Waals surface area (Å²) in [7, 11) is 0. The number of halogens is 4. The Morgan fingerprint density at radius 2 is 1.08 bits per heavy atom. The summed E-state index contributed by atoms with van der Waals surface area (Å²) in [6, 6.07) is 50.3. The zero-order chi connectivity index (χ0) is 54.2. The van der Waals surface area contributed by atoms with Gasteiger partial charge in [0.15, 0.2) is 0 Å². The van der Waals surface area contributed by atoms with Gasteiger partial charge in [0.05, 0.1) is 28.1 Å². The summed E-state index contributed by atoms with van der Waals surface area (Å²) in [5.74, 6) is -0.198. The van der Waals surface area contributed by atoms with Crippen LogP contribution in [0.1, 0.15) is 108 Å². The summed E-state index contributed by atoms with van der Waals surface area (Å²) in [6.07, 6.45) is 0. The molecule has 2 aromatic heterocycles. The van der Waals surface area contributed by atoms with Gasteiger partial charge in [0.2, 0.25) is 0 Å². The van der Waals surface area contributed by atoms with Gasteiger partial charge in [0, 0.05) is 57.5 Å². The standard InChI is InChI=1S/C68H62F4N4O/c1-39(2)43-31-59(40(3)4)66(60(32-43)41(5)6)46-29-52(36-54(30-46)77-53-22-23-58-57-16-11-12-19-61(57)76(64(58)37-53)65-33-47(68(8,9)10)24-42(7)73-65)74-38-75(63-21-14-13-20-62(63)74)67-55(44-25-48(69)34-49(70)26-44)17-15-18-56(67)45-27-50(71)35-51(72)28-45/h11-37,39-41H,38H2,1-10H3. The first kappa shape index (κ1) is 51.0. The Kier molecular flexibility index (Phi) is 13.1. The minimum atomic E-state index is -0.744. The second kappa shape index (κ2) is 19.8. The van der Waals surface area contributed by atoms with Crippen LogP contribution in [0.4, 0.5) is 40.3 Å². The first-order valence-electron chi connectivity index (χ1n) is 26.5. The average Bonchev–Trinajstić information content (AvgIpc) is 3.99. The number of anilines is 4. The summed E-state index contributed by atoms with van der Waals surface area (Å²) >= 11 is 0. The molecule has 0 saturated heterocycles. The number of nitrogens with zero attached hydrogens (tertiary/aromatic N) is 4. The van der Waals surface area contributed by atoms with Crippen molar-refractivity contribution in [3.8, 4) is 50.7 Å². The normalized spacial score (nSPS) is 12.8. The highest BCUT2D eigenvalue weighted by molar-refractivity contribution is 6.09. The molecule has 9 heteroatoms. The number of benzene rings is 8. The van der Waals surface area contributed by atoms with E-state index in [0.717, 1.165) is 73.6 Å². The largest absolute Gasteiger partial charge is 0.457 e. The smallest absolute Gasteiger partial charge is 0.138 e. The van der Waals surface area contributed by atoms with E-state index in [4.69, 9.17) is 9.72 Å². The molecule has 0 N–H and O–H groups in total. The number of aromatic nitrogens is 2. The summed E-state index contributed by atoms with van der Waals surface area (Å²) in [5, 5.41) is 2.19. The van der Waals surface area contributed by atoms with Crippen LogP contribution in [-0.4, -0.2) is 16.2 Å². The molecule has 1 aliphatic rings. The first-order chi connectivity index (χ1) is 36.8. The van der Waals surface area contributed by atoms with Crippen LogP contribution in [0.25, 0.3) is 61.0 Å². The number of aryl methyl sites for hydroxylation is 1. The van der Waals surface area contributed by atoms with E-state index >= 15 is 17.6 Å². The molecular weight excluding hydrogens is 965 g/mol. The molecule has 0 saturated carbocycles. The summed E-state index contributed by atoms with van der Waals surface area (Å²) in [5.41, 5.74) is 14.4. The Hall–Kier alpha value is -8.17. The molecule has 77 heavy (non-hydrogen) atoms. The number of para-hydroxylation sites is 4. The van der Waals surface area contributed by atoms with Crippen molar-refractivity contribution in [2.24, 2.45) is 0 Å². The lowest BCUT2D eigenvalue weighted by atomic mass is 9.81. The highest BCUT2D eigenvalue weighted by atomic mass is 19.1. The number of pyridine rings is 1. The van der Waals surface area contributed by atoms with Crippen LogP contribution in [0.15, 0.2) is 164 Å². The highest BCUT2D eigenvalue weighted by Gasteiger charge is 2.33. The molecule has 0 atom stereocenters. The Morgan fingerprint density at radius 3 is 1.66 bits per heavy atom. The first-order valence-corrected chi connectivity index (χ1v) is 26.5. The Labute approximate surface area is 449 Å². The average molecular weight is 1030 g/mol. The SMILES string of the molecule is Cc1cc(C(C)(C)C)cc(-n2c3ccccc3c3ccc(Oc4cc(-c5c(C(C)C)cc(C(C)C)cc5C(C)C)cc(N5CN(c6c(-c7cc(F)cc(F)c7)cccc6-c6cc(F)cc(F)c6)c6ccccc65)c4)cc32)n1. The third kappa shape index (κ3) is 9.62.